The summed E-state index contributed by atoms with van der Waals surface area (Å²) in [6.45, 7) is 1.47. The second-order valence-electron chi connectivity index (χ2n) is 7.03. The van der Waals surface area contributed by atoms with Crippen LogP contribution in [-0.4, -0.2) is 22.0 Å². The lowest BCUT2D eigenvalue weighted by Crippen LogP contribution is -2.33. The van der Waals surface area contributed by atoms with E-state index in [4.69, 9.17) is 16.0 Å². The molecule has 1 atom stereocenters. The molecule has 0 bridgehead atoms. The summed E-state index contributed by atoms with van der Waals surface area (Å²) in [6.07, 6.45) is 0. The van der Waals surface area contributed by atoms with Gasteiger partial charge in [0.1, 0.15) is 6.04 Å². The first kappa shape index (κ1) is 21.3. The number of carbonyl (C=O) groups excluding carboxylic acids is 2. The van der Waals surface area contributed by atoms with Crippen LogP contribution in [0.5, 0.6) is 0 Å². The molecule has 0 radical (unpaired) electrons. The molecule has 160 valence electrons. The number of carbonyl (C=O) groups is 2. The summed E-state index contributed by atoms with van der Waals surface area (Å²) >= 11 is 5.95. The SMILES string of the molecule is CC(=O)c1cccc(NC(=O)NC(c2ccccc2)c2nnc(-c3ccc(Cl)cc3)o2)c1. The minimum absolute atomic E-state index is 0.0863. The lowest BCUT2D eigenvalue weighted by Gasteiger charge is -2.16. The van der Waals surface area contributed by atoms with Crippen molar-refractivity contribution in [3.05, 3.63) is 101 Å². The molecule has 7 nitrogen and oxygen atoms in total. The smallest absolute Gasteiger partial charge is 0.320 e. The number of rotatable bonds is 6. The van der Waals surface area contributed by atoms with Gasteiger partial charge in [-0.2, -0.15) is 0 Å². The number of hydrogen-bond donors (Lipinski definition) is 2. The van der Waals surface area contributed by atoms with Crippen LogP contribution < -0.4 is 10.6 Å². The maximum atomic E-state index is 12.8. The maximum Gasteiger partial charge on any atom is 0.320 e. The van der Waals surface area contributed by atoms with Crippen LogP contribution in [-0.2, 0) is 0 Å². The standard InChI is InChI=1S/C24H19ClN4O3/c1-15(30)18-8-5-9-20(14-18)26-24(31)27-21(16-6-3-2-4-7-16)23-29-28-22(32-23)17-10-12-19(25)13-11-17/h2-14,21H,1H3,(H2,26,27,31). The molecule has 0 aliphatic heterocycles. The third-order valence-electron chi connectivity index (χ3n) is 4.71. The highest BCUT2D eigenvalue weighted by Crippen LogP contribution is 2.26. The van der Waals surface area contributed by atoms with Crippen molar-refractivity contribution < 1.29 is 14.0 Å². The summed E-state index contributed by atoms with van der Waals surface area (Å²) < 4.78 is 5.88. The summed E-state index contributed by atoms with van der Waals surface area (Å²) in [4.78, 5) is 24.4. The summed E-state index contributed by atoms with van der Waals surface area (Å²) in [5, 5.41) is 14.5. The van der Waals surface area contributed by atoms with Gasteiger partial charge in [0, 0.05) is 21.8 Å². The van der Waals surface area contributed by atoms with Gasteiger partial charge in [-0.3, -0.25) is 4.79 Å². The number of hydrogen-bond acceptors (Lipinski definition) is 5. The number of halogens is 1. The molecule has 0 aliphatic carbocycles. The Hall–Kier alpha value is -3.97. The summed E-state index contributed by atoms with van der Waals surface area (Å²) in [5.41, 5.74) is 2.48. The lowest BCUT2D eigenvalue weighted by atomic mass is 10.1. The minimum atomic E-state index is -0.680. The Morgan fingerprint density at radius 1 is 0.938 bits per heavy atom. The Labute approximate surface area is 189 Å². The highest BCUT2D eigenvalue weighted by molar-refractivity contribution is 6.30. The fraction of sp³-hybridized carbons (Fsp3) is 0.0833. The van der Waals surface area contributed by atoms with Gasteiger partial charge < -0.3 is 15.1 Å². The molecule has 32 heavy (non-hydrogen) atoms. The molecule has 4 aromatic rings. The number of benzene rings is 3. The van der Waals surface area contributed by atoms with Crippen LogP contribution in [0.4, 0.5) is 10.5 Å². The number of anilines is 1. The van der Waals surface area contributed by atoms with Gasteiger partial charge in [-0.05, 0) is 48.9 Å². The van der Waals surface area contributed by atoms with E-state index < -0.39 is 12.1 Å². The molecule has 1 heterocycles. The Morgan fingerprint density at radius 3 is 2.41 bits per heavy atom. The van der Waals surface area contributed by atoms with E-state index in [1.165, 1.54) is 6.92 Å². The van der Waals surface area contributed by atoms with E-state index in [0.717, 1.165) is 5.56 Å². The third-order valence-corrected chi connectivity index (χ3v) is 4.97. The molecule has 0 saturated carbocycles. The van der Waals surface area contributed by atoms with Crippen LogP contribution in [0, 0.1) is 0 Å². The molecular formula is C24H19ClN4O3. The number of ketones is 1. The monoisotopic (exact) mass is 446 g/mol. The molecule has 2 amide bonds. The quantitative estimate of drug-likeness (QED) is 0.381. The van der Waals surface area contributed by atoms with Crippen LogP contribution in [0.3, 0.4) is 0 Å². The fourth-order valence-electron chi connectivity index (χ4n) is 3.11. The van der Waals surface area contributed by atoms with Crippen molar-refractivity contribution in [1.29, 1.82) is 0 Å². The van der Waals surface area contributed by atoms with Gasteiger partial charge >= 0.3 is 6.03 Å². The van der Waals surface area contributed by atoms with Crippen molar-refractivity contribution in [1.82, 2.24) is 15.5 Å². The van der Waals surface area contributed by atoms with Crippen molar-refractivity contribution in [3.63, 3.8) is 0 Å². The van der Waals surface area contributed by atoms with E-state index in [0.29, 0.717) is 27.7 Å². The first-order chi connectivity index (χ1) is 15.5. The Kier molecular flexibility index (Phi) is 6.28. The van der Waals surface area contributed by atoms with E-state index in [1.807, 2.05) is 30.3 Å². The van der Waals surface area contributed by atoms with E-state index in [2.05, 4.69) is 20.8 Å². The van der Waals surface area contributed by atoms with Gasteiger partial charge in [0.15, 0.2) is 5.78 Å². The second kappa shape index (κ2) is 9.45. The van der Waals surface area contributed by atoms with E-state index in [1.54, 1.807) is 48.5 Å². The van der Waals surface area contributed by atoms with Gasteiger partial charge in [0.2, 0.25) is 11.8 Å². The van der Waals surface area contributed by atoms with Gasteiger partial charge in [-0.25, -0.2) is 4.79 Å². The average molecular weight is 447 g/mol. The first-order valence-corrected chi connectivity index (χ1v) is 10.2. The first-order valence-electron chi connectivity index (χ1n) is 9.82. The molecule has 8 heteroatoms. The largest absolute Gasteiger partial charge is 0.418 e. The Balaban J connectivity index is 1.58. The summed E-state index contributed by atoms with van der Waals surface area (Å²) in [7, 11) is 0. The van der Waals surface area contributed by atoms with Crippen LogP contribution in [0.25, 0.3) is 11.5 Å². The molecule has 0 aliphatic rings. The number of Topliss-reactive ketones (excluding diaryl/α,β-unsaturated/α-hetero) is 1. The van der Waals surface area contributed by atoms with Crippen molar-refractivity contribution in [3.8, 4) is 11.5 Å². The fourth-order valence-corrected chi connectivity index (χ4v) is 3.23. The van der Waals surface area contributed by atoms with Gasteiger partial charge in [0.05, 0.1) is 0 Å². The summed E-state index contributed by atoms with van der Waals surface area (Å²) in [6, 6.07) is 21.9. The number of nitrogens with one attached hydrogen (secondary N) is 2. The normalized spacial score (nSPS) is 11.6. The van der Waals surface area contributed by atoms with Gasteiger partial charge in [-0.15, -0.1) is 10.2 Å². The van der Waals surface area contributed by atoms with Crippen molar-refractivity contribution in [2.24, 2.45) is 0 Å². The predicted molar refractivity (Wildman–Crippen MR) is 122 cm³/mol. The molecule has 0 spiro atoms. The molecule has 3 aromatic carbocycles. The van der Waals surface area contributed by atoms with E-state index in [-0.39, 0.29) is 11.7 Å². The molecule has 4 rings (SSSR count). The third kappa shape index (κ3) is 5.01. The predicted octanol–water partition coefficient (Wildman–Crippen LogP) is 5.50. The highest BCUT2D eigenvalue weighted by Gasteiger charge is 2.23. The summed E-state index contributed by atoms with van der Waals surface area (Å²) in [5.74, 6) is 0.458. The Bertz CT molecular complexity index is 1240. The van der Waals surface area contributed by atoms with Crippen LogP contribution >= 0.6 is 11.6 Å². The minimum Gasteiger partial charge on any atom is -0.418 e. The van der Waals surface area contributed by atoms with E-state index in [9.17, 15) is 9.59 Å². The van der Waals surface area contributed by atoms with Crippen molar-refractivity contribution >= 4 is 29.1 Å². The molecule has 0 saturated heterocycles. The number of amides is 2. The number of aromatic nitrogens is 2. The van der Waals surface area contributed by atoms with Crippen LogP contribution in [0.15, 0.2) is 83.3 Å². The van der Waals surface area contributed by atoms with Crippen LogP contribution in [0.1, 0.15) is 34.8 Å². The molecule has 2 N–H and O–H groups in total. The highest BCUT2D eigenvalue weighted by atomic mass is 35.5. The van der Waals surface area contributed by atoms with Gasteiger partial charge in [0.25, 0.3) is 0 Å². The van der Waals surface area contributed by atoms with Gasteiger partial charge in [-0.1, -0.05) is 54.1 Å². The zero-order valence-electron chi connectivity index (χ0n) is 17.1. The van der Waals surface area contributed by atoms with Crippen molar-refractivity contribution in [2.75, 3.05) is 5.32 Å². The second-order valence-corrected chi connectivity index (χ2v) is 7.47. The Morgan fingerprint density at radius 2 is 1.69 bits per heavy atom. The molecule has 1 unspecified atom stereocenters. The average Bonchev–Trinajstić information content (AvgIpc) is 3.28. The van der Waals surface area contributed by atoms with E-state index >= 15 is 0 Å². The maximum absolute atomic E-state index is 12.8. The van der Waals surface area contributed by atoms with Crippen LogP contribution in [0.2, 0.25) is 5.02 Å². The number of nitrogens with zero attached hydrogens (tertiary/aromatic N) is 2. The molecule has 1 aromatic heterocycles. The zero-order valence-corrected chi connectivity index (χ0v) is 17.8. The number of urea groups is 1. The molecular weight excluding hydrogens is 428 g/mol. The topological polar surface area (TPSA) is 97.1 Å². The lowest BCUT2D eigenvalue weighted by molar-refractivity contribution is 0.101. The zero-order chi connectivity index (χ0) is 22.5. The van der Waals surface area contributed by atoms with Crippen molar-refractivity contribution in [2.45, 2.75) is 13.0 Å². The molecule has 0 fully saturated rings.